The summed E-state index contributed by atoms with van der Waals surface area (Å²) in [5.41, 5.74) is 2.49. The molecule has 5 nitrogen and oxygen atoms in total. The van der Waals surface area contributed by atoms with Gasteiger partial charge in [-0.25, -0.2) is 13.8 Å². The largest absolute Gasteiger partial charge is 2.00 e. The van der Waals surface area contributed by atoms with Crippen LogP contribution in [0.3, 0.4) is 0 Å². The normalized spacial score (nSPS) is 10.3. The van der Waals surface area contributed by atoms with Crippen molar-refractivity contribution in [1.29, 1.82) is 0 Å². The quantitative estimate of drug-likeness (QED) is 0.260. The third-order valence-electron chi connectivity index (χ3n) is 5.00. The van der Waals surface area contributed by atoms with Crippen molar-refractivity contribution in [2.24, 2.45) is 0 Å². The van der Waals surface area contributed by atoms with Crippen LogP contribution in [0.15, 0.2) is 84.9 Å². The van der Waals surface area contributed by atoms with Crippen LogP contribution in [-0.4, -0.2) is 15.1 Å². The topological polar surface area (TPSA) is 107 Å². The van der Waals surface area contributed by atoms with Crippen molar-refractivity contribution in [1.82, 2.24) is 4.98 Å². The third-order valence-corrected chi connectivity index (χ3v) is 7.17. The molecule has 0 bridgehead atoms. The monoisotopic (exact) mass is 514 g/mol. The number of aromatic nitrogens is 2. The van der Waals surface area contributed by atoms with Crippen molar-refractivity contribution >= 4 is 53.2 Å². The molecule has 6 rings (SSSR count). The van der Waals surface area contributed by atoms with Gasteiger partial charge in [-0.3, -0.25) is 0 Å². The number of nitrogens with two attached hydrogens (primary N) is 1. The van der Waals surface area contributed by atoms with Crippen molar-refractivity contribution in [3.63, 3.8) is 0 Å². The molecular weight excluding hydrogens is 497 g/mol. The van der Waals surface area contributed by atoms with E-state index in [1.807, 2.05) is 48.5 Å². The Morgan fingerprint density at radius 1 is 0.694 bits per heavy atom. The van der Waals surface area contributed by atoms with E-state index >= 15 is 0 Å². The Kier molecular flexibility index (Phi) is 8.44. The van der Waals surface area contributed by atoms with Gasteiger partial charge in [0.1, 0.15) is 21.3 Å². The molecule has 2 aromatic heterocycles. The number of benzene rings is 4. The van der Waals surface area contributed by atoms with E-state index in [0.29, 0.717) is 21.1 Å². The van der Waals surface area contributed by atoms with E-state index in [9.17, 15) is 19.0 Å². The Bertz CT molecular complexity index is 1450. The van der Waals surface area contributed by atoms with E-state index in [0.717, 1.165) is 20.4 Å². The van der Waals surface area contributed by atoms with Crippen LogP contribution in [0.2, 0.25) is 0 Å². The molecule has 0 aliphatic carbocycles. The Balaban J connectivity index is 0.000000190. The predicted octanol–water partition coefficient (Wildman–Crippen LogP) is 6.11. The van der Waals surface area contributed by atoms with Gasteiger partial charge in [0.05, 0.1) is 15.8 Å². The number of para-hydroxylation sites is 2. The Morgan fingerprint density at radius 2 is 1.28 bits per heavy atom. The van der Waals surface area contributed by atoms with Crippen molar-refractivity contribution in [3.8, 4) is 32.6 Å². The van der Waals surface area contributed by atoms with Gasteiger partial charge >= 0.3 is 10.1 Å². The summed E-state index contributed by atoms with van der Waals surface area (Å²) in [7, 11) is 0. The minimum atomic E-state index is -0.418. The SMILES string of the molecule is [Be+2].[NH2-].[O-]c1ccc(F)cc1-c1[nH+]c2ccccc2s1.[O-]c1ccc(F)cc1-c1nc2ccccc2s1. The molecule has 36 heavy (non-hydrogen) atoms. The number of nitrogens with one attached hydrogen (secondary N) is 1. The molecule has 6 aromatic rings. The second-order valence-electron chi connectivity index (χ2n) is 7.32. The second-order valence-corrected chi connectivity index (χ2v) is 9.40. The molecule has 0 saturated carbocycles. The number of fused-ring (bicyclic) bond motifs is 2. The first-order valence-electron chi connectivity index (χ1n) is 10.2. The maximum atomic E-state index is 13.1. The van der Waals surface area contributed by atoms with Crippen LogP contribution in [0.25, 0.3) is 47.7 Å². The Morgan fingerprint density at radius 3 is 1.94 bits per heavy atom. The van der Waals surface area contributed by atoms with Crippen LogP contribution in [-0.2, 0) is 0 Å². The van der Waals surface area contributed by atoms with E-state index in [1.54, 1.807) is 0 Å². The van der Waals surface area contributed by atoms with E-state index in [-0.39, 0.29) is 27.8 Å². The molecule has 0 aliphatic heterocycles. The summed E-state index contributed by atoms with van der Waals surface area (Å²) in [6.45, 7) is 0. The number of rotatable bonds is 2. The first-order chi connectivity index (χ1) is 16.5. The van der Waals surface area contributed by atoms with E-state index in [1.165, 1.54) is 59.1 Å². The van der Waals surface area contributed by atoms with Crippen molar-refractivity contribution < 1.29 is 24.0 Å². The van der Waals surface area contributed by atoms with Gasteiger partial charge in [0.25, 0.3) is 5.01 Å². The summed E-state index contributed by atoms with van der Waals surface area (Å²) in [6, 6.07) is 22.7. The van der Waals surface area contributed by atoms with Crippen molar-refractivity contribution in [2.45, 2.75) is 0 Å². The molecule has 0 radical (unpaired) electrons. The molecule has 0 atom stereocenters. The number of hydrogen-bond acceptors (Lipinski definition) is 5. The summed E-state index contributed by atoms with van der Waals surface area (Å²) >= 11 is 2.85. The molecule has 4 aromatic carbocycles. The molecule has 0 unspecified atom stereocenters. The number of hydrogen-bond donors (Lipinski definition) is 0. The average Bonchev–Trinajstić information content (AvgIpc) is 3.47. The van der Waals surface area contributed by atoms with Gasteiger partial charge in [0.15, 0.2) is 0 Å². The number of thiazole rings is 2. The van der Waals surface area contributed by atoms with Crippen LogP contribution in [0.4, 0.5) is 8.78 Å². The number of aromatic amines is 1. The van der Waals surface area contributed by atoms with Gasteiger partial charge in [-0.05, 0) is 42.5 Å². The molecule has 0 saturated heterocycles. The summed E-state index contributed by atoms with van der Waals surface area (Å²) in [4.78, 5) is 7.47. The van der Waals surface area contributed by atoms with Crippen LogP contribution >= 0.6 is 22.7 Å². The minimum absolute atomic E-state index is 0. The van der Waals surface area contributed by atoms with Crippen LogP contribution in [0, 0.1) is 11.6 Å². The molecule has 0 amide bonds. The molecule has 2 heterocycles. The van der Waals surface area contributed by atoms with E-state index < -0.39 is 11.6 Å². The molecule has 0 aliphatic rings. The summed E-state index contributed by atoms with van der Waals surface area (Å²) in [6.07, 6.45) is 0. The predicted molar refractivity (Wildman–Crippen MR) is 139 cm³/mol. The van der Waals surface area contributed by atoms with Crippen LogP contribution in [0.1, 0.15) is 0 Å². The zero-order valence-corrected chi connectivity index (χ0v) is 20.3. The zero-order valence-electron chi connectivity index (χ0n) is 18.7. The minimum Gasteiger partial charge on any atom is -0.872 e. The van der Waals surface area contributed by atoms with Gasteiger partial charge in [-0.2, -0.15) is 4.98 Å². The Labute approximate surface area is 217 Å². The molecule has 0 fully saturated rings. The van der Waals surface area contributed by atoms with E-state index in [4.69, 9.17) is 0 Å². The fraction of sp³-hybridized carbons (Fsp3) is 0. The molecule has 3 N–H and O–H groups in total. The number of nitrogens with zero attached hydrogens (tertiary/aromatic N) is 1. The molecule has 0 spiro atoms. The molecular formula is C26H17BeF2N3O2S2. The fourth-order valence-electron chi connectivity index (χ4n) is 3.38. The fourth-order valence-corrected chi connectivity index (χ4v) is 5.39. The maximum Gasteiger partial charge on any atom is 2.00 e. The Hall–Kier alpha value is -3.75. The zero-order chi connectivity index (χ0) is 23.7. The van der Waals surface area contributed by atoms with Crippen molar-refractivity contribution in [2.75, 3.05) is 0 Å². The van der Waals surface area contributed by atoms with E-state index in [2.05, 4.69) is 9.97 Å². The standard InChI is InChI=1S/2C13H8FNOS.Be.H2N/c2*14-8-5-6-11(16)9(7-8)13-15-10-3-1-2-4-12(10)17-13;;/h2*1-7,16H;;1H2/q;;+2;-1/p-1. The van der Waals surface area contributed by atoms with Gasteiger partial charge in [-0.15, -0.1) is 11.3 Å². The van der Waals surface area contributed by atoms with Crippen molar-refractivity contribution in [3.05, 3.63) is 103 Å². The van der Waals surface area contributed by atoms with Crippen LogP contribution < -0.4 is 15.2 Å². The first kappa shape index (κ1) is 26.8. The molecule has 176 valence electrons. The second kappa shape index (κ2) is 11.3. The summed E-state index contributed by atoms with van der Waals surface area (Å²) in [5.74, 6) is -1.19. The van der Waals surface area contributed by atoms with Crippen LogP contribution in [0.5, 0.6) is 11.5 Å². The van der Waals surface area contributed by atoms with Gasteiger partial charge < -0.3 is 16.4 Å². The first-order valence-corrected chi connectivity index (χ1v) is 11.8. The number of halogens is 2. The van der Waals surface area contributed by atoms with Gasteiger partial charge in [0.2, 0.25) is 5.52 Å². The number of H-pyrrole nitrogens is 1. The summed E-state index contributed by atoms with van der Waals surface area (Å²) in [5, 5.41) is 24.6. The smallest absolute Gasteiger partial charge is 0.872 e. The maximum absolute atomic E-state index is 13.1. The van der Waals surface area contributed by atoms with Gasteiger partial charge in [0, 0.05) is 11.6 Å². The third kappa shape index (κ3) is 5.56. The summed E-state index contributed by atoms with van der Waals surface area (Å²) < 4.78 is 28.3. The van der Waals surface area contributed by atoms with Gasteiger partial charge in [-0.1, -0.05) is 59.2 Å². The molecule has 10 heteroatoms. The average molecular weight is 515 g/mol.